The number of amides is 1. The summed E-state index contributed by atoms with van der Waals surface area (Å²) in [5.41, 5.74) is 4.71. The molecule has 6 nitrogen and oxygen atoms in total. The second kappa shape index (κ2) is 9.20. The molecular weight excluding hydrogens is 376 g/mol. The lowest BCUT2D eigenvalue weighted by Gasteiger charge is -2.33. The van der Waals surface area contributed by atoms with Crippen molar-refractivity contribution in [2.75, 3.05) is 13.1 Å². The maximum atomic E-state index is 12.7. The molecule has 1 saturated heterocycles. The Morgan fingerprint density at radius 1 is 1.13 bits per heavy atom. The number of piperidine rings is 1. The molecule has 0 aliphatic carbocycles. The maximum Gasteiger partial charge on any atom is 0.227 e. The van der Waals surface area contributed by atoms with Crippen LogP contribution in [0.4, 0.5) is 0 Å². The van der Waals surface area contributed by atoms with Crippen LogP contribution in [-0.4, -0.2) is 39.0 Å². The zero-order chi connectivity index (χ0) is 20.9. The van der Waals surface area contributed by atoms with E-state index in [4.69, 9.17) is 9.51 Å². The molecule has 0 unspecified atom stereocenters. The van der Waals surface area contributed by atoms with Gasteiger partial charge in [-0.1, -0.05) is 35.5 Å². The van der Waals surface area contributed by atoms with Crippen LogP contribution >= 0.6 is 0 Å². The average molecular weight is 405 g/mol. The molecule has 0 saturated carbocycles. The van der Waals surface area contributed by atoms with Crippen molar-refractivity contribution < 1.29 is 9.32 Å². The normalized spacial score (nSPS) is 16.6. The largest absolute Gasteiger partial charge is 0.342 e. The molecule has 1 aliphatic rings. The van der Waals surface area contributed by atoms with Crippen LogP contribution < -0.4 is 0 Å². The number of hydrogen-bond donors (Lipinski definition) is 0. The van der Waals surface area contributed by atoms with Gasteiger partial charge in [0.15, 0.2) is 5.82 Å². The van der Waals surface area contributed by atoms with Crippen LogP contribution in [0.25, 0.3) is 0 Å². The molecule has 0 spiro atoms. The van der Waals surface area contributed by atoms with Gasteiger partial charge in [-0.2, -0.15) is 4.98 Å². The third-order valence-electron chi connectivity index (χ3n) is 5.60. The van der Waals surface area contributed by atoms with E-state index in [-0.39, 0.29) is 11.8 Å². The summed E-state index contributed by atoms with van der Waals surface area (Å²) in [6.45, 7) is 5.37. The lowest BCUT2D eigenvalue weighted by Crippen LogP contribution is -2.39. The van der Waals surface area contributed by atoms with Gasteiger partial charge in [-0.3, -0.25) is 9.78 Å². The van der Waals surface area contributed by atoms with Crippen LogP contribution in [0, 0.1) is 13.8 Å². The van der Waals surface area contributed by atoms with Gasteiger partial charge in [0, 0.05) is 43.2 Å². The lowest BCUT2D eigenvalue weighted by molar-refractivity contribution is -0.132. The number of hydrogen-bond acceptors (Lipinski definition) is 5. The summed E-state index contributed by atoms with van der Waals surface area (Å²) >= 11 is 0. The highest BCUT2D eigenvalue weighted by Crippen LogP contribution is 2.27. The van der Waals surface area contributed by atoms with E-state index in [9.17, 15) is 4.79 Å². The van der Waals surface area contributed by atoms with Crippen molar-refractivity contribution in [2.24, 2.45) is 0 Å². The lowest BCUT2D eigenvalue weighted by atomic mass is 9.92. The first-order chi connectivity index (χ1) is 14.6. The summed E-state index contributed by atoms with van der Waals surface area (Å²) in [7, 11) is 0. The number of nitrogens with zero attached hydrogens (tertiary/aromatic N) is 4. The van der Waals surface area contributed by atoms with Crippen molar-refractivity contribution in [3.05, 3.63) is 76.7 Å². The molecule has 3 heterocycles. The van der Waals surface area contributed by atoms with Crippen LogP contribution in [0.1, 0.15) is 59.4 Å². The fourth-order valence-corrected chi connectivity index (χ4v) is 4.17. The van der Waals surface area contributed by atoms with Gasteiger partial charge in [0.05, 0.1) is 0 Å². The van der Waals surface area contributed by atoms with Crippen molar-refractivity contribution in [1.82, 2.24) is 20.0 Å². The molecule has 0 N–H and O–H groups in total. The van der Waals surface area contributed by atoms with Gasteiger partial charge < -0.3 is 9.42 Å². The summed E-state index contributed by atoms with van der Waals surface area (Å²) in [4.78, 5) is 23.7. The highest BCUT2D eigenvalue weighted by molar-refractivity contribution is 5.76. The van der Waals surface area contributed by atoms with Gasteiger partial charge in [0.2, 0.25) is 11.8 Å². The summed E-state index contributed by atoms with van der Waals surface area (Å²) in [6, 6.07) is 14.9. The van der Waals surface area contributed by atoms with Gasteiger partial charge in [0.1, 0.15) is 0 Å². The van der Waals surface area contributed by atoms with E-state index in [0.29, 0.717) is 24.6 Å². The smallest absolute Gasteiger partial charge is 0.227 e. The molecule has 1 fully saturated rings. The number of pyridine rings is 1. The minimum absolute atomic E-state index is 0.146. The second-order valence-electron chi connectivity index (χ2n) is 8.12. The maximum absolute atomic E-state index is 12.7. The Morgan fingerprint density at radius 3 is 2.73 bits per heavy atom. The molecule has 0 radical (unpaired) electrons. The highest BCUT2D eigenvalue weighted by atomic mass is 16.5. The number of aryl methyl sites for hydroxylation is 3. The molecule has 0 bridgehead atoms. The highest BCUT2D eigenvalue weighted by Gasteiger charge is 2.26. The van der Waals surface area contributed by atoms with Crippen LogP contribution in [-0.2, 0) is 17.6 Å². The van der Waals surface area contributed by atoms with Crippen molar-refractivity contribution in [1.29, 1.82) is 0 Å². The van der Waals surface area contributed by atoms with Crippen LogP contribution in [0.2, 0.25) is 0 Å². The van der Waals surface area contributed by atoms with Gasteiger partial charge >= 0.3 is 0 Å². The van der Waals surface area contributed by atoms with Crippen molar-refractivity contribution in [2.45, 2.75) is 51.9 Å². The van der Waals surface area contributed by atoms with E-state index in [2.05, 4.69) is 53.5 Å². The van der Waals surface area contributed by atoms with E-state index < -0.39 is 0 Å². The fraction of sp³-hybridized carbons (Fsp3) is 0.417. The molecule has 1 amide bonds. The Balaban J connectivity index is 1.41. The Hall–Kier alpha value is -3.02. The number of carbonyl (C=O) groups is 1. The zero-order valence-corrected chi connectivity index (χ0v) is 17.7. The third-order valence-corrected chi connectivity index (χ3v) is 5.60. The van der Waals surface area contributed by atoms with Crippen molar-refractivity contribution >= 4 is 5.91 Å². The van der Waals surface area contributed by atoms with E-state index >= 15 is 0 Å². The number of rotatable bonds is 6. The van der Waals surface area contributed by atoms with E-state index in [1.807, 2.05) is 11.0 Å². The first-order valence-electron chi connectivity index (χ1n) is 10.6. The molecular formula is C24H28N4O2. The minimum Gasteiger partial charge on any atom is -0.342 e. The first-order valence-corrected chi connectivity index (χ1v) is 10.6. The summed E-state index contributed by atoms with van der Waals surface area (Å²) in [6.07, 6.45) is 3.85. The fourth-order valence-electron chi connectivity index (χ4n) is 4.17. The van der Waals surface area contributed by atoms with Crippen LogP contribution in [0.5, 0.6) is 0 Å². The zero-order valence-electron chi connectivity index (χ0n) is 17.7. The van der Waals surface area contributed by atoms with Crippen molar-refractivity contribution in [3.8, 4) is 0 Å². The molecule has 2 aromatic heterocycles. The van der Waals surface area contributed by atoms with E-state index in [1.165, 1.54) is 11.1 Å². The third kappa shape index (κ3) is 5.12. The van der Waals surface area contributed by atoms with Crippen molar-refractivity contribution in [3.63, 3.8) is 0 Å². The Morgan fingerprint density at radius 2 is 1.97 bits per heavy atom. The first kappa shape index (κ1) is 20.3. The van der Waals surface area contributed by atoms with Gasteiger partial charge in [-0.05, 0) is 56.4 Å². The molecule has 156 valence electrons. The molecule has 6 heteroatoms. The van der Waals surface area contributed by atoms with E-state index in [1.54, 1.807) is 6.92 Å². The van der Waals surface area contributed by atoms with Gasteiger partial charge in [-0.15, -0.1) is 0 Å². The summed E-state index contributed by atoms with van der Waals surface area (Å²) in [5, 5.41) is 3.79. The minimum atomic E-state index is 0.146. The molecule has 4 rings (SSSR count). The van der Waals surface area contributed by atoms with Crippen LogP contribution in [0.3, 0.4) is 0 Å². The SMILES string of the molecule is Cc1cc(Cc2ccccc2)cc([C@@H]2CCCN(C(=O)CCc3nc(C)no3)C2)n1. The summed E-state index contributed by atoms with van der Waals surface area (Å²) < 4.78 is 5.13. The number of aromatic nitrogens is 3. The molecule has 1 atom stereocenters. The monoisotopic (exact) mass is 404 g/mol. The Kier molecular flexibility index (Phi) is 6.21. The summed E-state index contributed by atoms with van der Waals surface area (Å²) in [5.74, 6) is 1.56. The quantitative estimate of drug-likeness (QED) is 0.621. The standard InChI is InChI=1S/C24H28N4O2/c1-17-13-20(14-19-7-4-3-5-8-19)15-22(25-17)21-9-6-12-28(16-21)24(29)11-10-23-26-18(2)27-30-23/h3-5,7-8,13,15,21H,6,9-12,14,16H2,1-2H3/t21-/m1/s1. The Labute approximate surface area is 177 Å². The second-order valence-corrected chi connectivity index (χ2v) is 8.12. The average Bonchev–Trinajstić information content (AvgIpc) is 3.17. The van der Waals surface area contributed by atoms with Gasteiger partial charge in [0.25, 0.3) is 0 Å². The Bertz CT molecular complexity index is 999. The van der Waals surface area contributed by atoms with Crippen LogP contribution in [0.15, 0.2) is 47.0 Å². The molecule has 3 aromatic rings. The topological polar surface area (TPSA) is 72.1 Å². The molecule has 1 aliphatic heterocycles. The van der Waals surface area contributed by atoms with Gasteiger partial charge in [-0.25, -0.2) is 0 Å². The predicted molar refractivity (Wildman–Crippen MR) is 114 cm³/mol. The number of likely N-dealkylation sites (tertiary alicyclic amines) is 1. The predicted octanol–water partition coefficient (Wildman–Crippen LogP) is 4.01. The number of carbonyl (C=O) groups excluding carboxylic acids is 1. The van der Waals surface area contributed by atoms with E-state index in [0.717, 1.165) is 43.7 Å². The molecule has 30 heavy (non-hydrogen) atoms. The number of benzene rings is 1. The molecule has 1 aromatic carbocycles.